The van der Waals surface area contributed by atoms with E-state index in [2.05, 4.69) is 11.8 Å². The molecule has 4 nitrogen and oxygen atoms in total. The SMILES string of the molecule is CC1CCC(O)(CN(C)C2CCS(=O)(=O)C2)CC1. The molecule has 18 heavy (non-hydrogen) atoms. The summed E-state index contributed by atoms with van der Waals surface area (Å²) in [6.45, 7) is 2.84. The molecule has 0 aromatic rings. The van der Waals surface area contributed by atoms with Gasteiger partial charge in [0.15, 0.2) is 9.84 Å². The second kappa shape index (κ2) is 5.10. The van der Waals surface area contributed by atoms with Crippen LogP contribution in [0.25, 0.3) is 0 Å². The van der Waals surface area contributed by atoms with Crippen LogP contribution in [0.5, 0.6) is 0 Å². The summed E-state index contributed by atoms with van der Waals surface area (Å²) in [5.74, 6) is 1.27. The lowest BCUT2D eigenvalue weighted by Gasteiger charge is -2.39. The number of likely N-dealkylation sites (N-methyl/N-ethyl adjacent to an activating group) is 1. The summed E-state index contributed by atoms with van der Waals surface area (Å²) in [6, 6.07) is 0.0957. The fourth-order valence-corrected chi connectivity index (χ4v) is 4.98. The number of hydrogen-bond donors (Lipinski definition) is 1. The predicted molar refractivity (Wildman–Crippen MR) is 72.3 cm³/mol. The first-order valence-electron chi connectivity index (χ1n) is 6.93. The zero-order valence-electron chi connectivity index (χ0n) is 11.4. The van der Waals surface area contributed by atoms with Gasteiger partial charge in [0.25, 0.3) is 0 Å². The van der Waals surface area contributed by atoms with Crippen molar-refractivity contribution in [3.63, 3.8) is 0 Å². The first-order valence-corrected chi connectivity index (χ1v) is 8.75. The van der Waals surface area contributed by atoms with E-state index in [1.54, 1.807) is 0 Å². The highest BCUT2D eigenvalue weighted by Gasteiger charge is 2.37. The zero-order chi connectivity index (χ0) is 13.4. The number of aliphatic hydroxyl groups is 1. The van der Waals surface area contributed by atoms with Gasteiger partial charge in [-0.1, -0.05) is 6.92 Å². The average Bonchev–Trinajstić information content (AvgIpc) is 2.64. The highest BCUT2D eigenvalue weighted by Crippen LogP contribution is 2.33. The van der Waals surface area contributed by atoms with Gasteiger partial charge in [-0.2, -0.15) is 0 Å². The Morgan fingerprint density at radius 2 is 1.89 bits per heavy atom. The van der Waals surface area contributed by atoms with Gasteiger partial charge in [0.2, 0.25) is 0 Å². The molecule has 5 heteroatoms. The van der Waals surface area contributed by atoms with Gasteiger partial charge in [0, 0.05) is 12.6 Å². The molecule has 0 aromatic carbocycles. The molecule has 2 rings (SSSR count). The Kier molecular flexibility index (Phi) is 4.04. The molecule has 1 aliphatic carbocycles. The van der Waals surface area contributed by atoms with E-state index in [-0.39, 0.29) is 11.8 Å². The molecule has 1 N–H and O–H groups in total. The van der Waals surface area contributed by atoms with E-state index in [0.717, 1.165) is 25.7 Å². The van der Waals surface area contributed by atoms with E-state index in [4.69, 9.17) is 0 Å². The molecule has 0 amide bonds. The number of hydrogen-bond acceptors (Lipinski definition) is 4. The van der Waals surface area contributed by atoms with Crippen molar-refractivity contribution in [1.29, 1.82) is 0 Å². The van der Waals surface area contributed by atoms with Crippen molar-refractivity contribution in [3.05, 3.63) is 0 Å². The fourth-order valence-electron chi connectivity index (χ4n) is 3.17. The van der Waals surface area contributed by atoms with E-state index in [9.17, 15) is 13.5 Å². The molecule has 1 saturated carbocycles. The molecule has 1 unspecified atom stereocenters. The third-order valence-electron chi connectivity index (χ3n) is 4.58. The maximum Gasteiger partial charge on any atom is 0.151 e. The van der Waals surface area contributed by atoms with E-state index < -0.39 is 15.4 Å². The van der Waals surface area contributed by atoms with Crippen LogP contribution in [0.1, 0.15) is 39.0 Å². The van der Waals surface area contributed by atoms with Crippen molar-refractivity contribution >= 4 is 9.84 Å². The van der Waals surface area contributed by atoms with Gasteiger partial charge in [-0.15, -0.1) is 0 Å². The quantitative estimate of drug-likeness (QED) is 0.836. The van der Waals surface area contributed by atoms with E-state index in [0.29, 0.717) is 24.6 Å². The minimum atomic E-state index is -2.83. The molecule has 2 aliphatic rings. The number of sulfone groups is 1. The highest BCUT2D eigenvalue weighted by molar-refractivity contribution is 7.91. The van der Waals surface area contributed by atoms with Crippen LogP contribution in [0.2, 0.25) is 0 Å². The number of rotatable bonds is 3. The lowest BCUT2D eigenvalue weighted by Crippen LogP contribution is -2.47. The summed E-state index contributed by atoms with van der Waals surface area (Å²) >= 11 is 0. The first-order chi connectivity index (χ1) is 8.30. The lowest BCUT2D eigenvalue weighted by atomic mass is 9.79. The summed E-state index contributed by atoms with van der Waals surface area (Å²) in [4.78, 5) is 2.06. The largest absolute Gasteiger partial charge is 0.389 e. The van der Waals surface area contributed by atoms with Crippen LogP contribution >= 0.6 is 0 Å². The molecule has 106 valence electrons. The van der Waals surface area contributed by atoms with Gasteiger partial charge >= 0.3 is 0 Å². The second-order valence-electron chi connectivity index (χ2n) is 6.38. The van der Waals surface area contributed by atoms with Gasteiger partial charge in [-0.05, 0) is 45.1 Å². The van der Waals surface area contributed by atoms with Crippen LogP contribution in [0.15, 0.2) is 0 Å². The Hall–Kier alpha value is -0.130. The van der Waals surface area contributed by atoms with E-state index >= 15 is 0 Å². The van der Waals surface area contributed by atoms with Crippen molar-refractivity contribution < 1.29 is 13.5 Å². The van der Waals surface area contributed by atoms with Gasteiger partial charge in [-0.25, -0.2) is 8.42 Å². The van der Waals surface area contributed by atoms with Crippen molar-refractivity contribution in [2.45, 2.75) is 50.7 Å². The molecule has 1 saturated heterocycles. The van der Waals surface area contributed by atoms with Crippen LogP contribution in [0, 0.1) is 5.92 Å². The molecule has 0 radical (unpaired) electrons. The zero-order valence-corrected chi connectivity index (χ0v) is 12.2. The maximum atomic E-state index is 11.5. The molecule has 0 bridgehead atoms. The van der Waals surface area contributed by atoms with Crippen LogP contribution < -0.4 is 0 Å². The summed E-state index contributed by atoms with van der Waals surface area (Å²) in [5, 5.41) is 10.6. The van der Waals surface area contributed by atoms with Gasteiger partial charge in [-0.3, -0.25) is 4.90 Å². The van der Waals surface area contributed by atoms with Crippen LogP contribution in [0.3, 0.4) is 0 Å². The molecule has 2 fully saturated rings. The van der Waals surface area contributed by atoms with Gasteiger partial charge in [0.05, 0.1) is 17.1 Å². The van der Waals surface area contributed by atoms with E-state index in [1.165, 1.54) is 0 Å². The standard InChI is InChI=1S/C13H25NO3S/c1-11-3-6-13(15,7-4-11)10-14(2)12-5-8-18(16,17)9-12/h11-12,15H,3-10H2,1-2H3. The Balaban J connectivity index is 1.89. The minimum Gasteiger partial charge on any atom is -0.389 e. The Morgan fingerprint density at radius 1 is 1.28 bits per heavy atom. The molecule has 1 atom stereocenters. The summed E-state index contributed by atoms with van der Waals surface area (Å²) in [5.41, 5.74) is -0.604. The van der Waals surface area contributed by atoms with Crippen molar-refractivity contribution in [2.24, 2.45) is 5.92 Å². The molecular formula is C13H25NO3S. The summed E-state index contributed by atoms with van der Waals surface area (Å²) in [6.07, 6.45) is 4.56. The highest BCUT2D eigenvalue weighted by atomic mass is 32.2. The summed E-state index contributed by atoms with van der Waals surface area (Å²) in [7, 11) is -0.887. The Labute approximate surface area is 110 Å². The molecule has 0 aromatic heterocycles. The molecular weight excluding hydrogens is 250 g/mol. The minimum absolute atomic E-state index is 0.0957. The predicted octanol–water partition coefficient (Wildman–Crippen LogP) is 1.05. The van der Waals surface area contributed by atoms with Crippen molar-refractivity contribution in [1.82, 2.24) is 4.90 Å². The fraction of sp³-hybridized carbons (Fsp3) is 1.00. The average molecular weight is 275 g/mol. The van der Waals surface area contributed by atoms with Crippen LogP contribution in [-0.2, 0) is 9.84 Å². The summed E-state index contributed by atoms with van der Waals surface area (Å²) < 4.78 is 22.9. The topological polar surface area (TPSA) is 57.6 Å². The maximum absolute atomic E-state index is 11.5. The molecule has 1 heterocycles. The third kappa shape index (κ3) is 3.45. The van der Waals surface area contributed by atoms with Crippen molar-refractivity contribution in [2.75, 3.05) is 25.1 Å². The lowest BCUT2D eigenvalue weighted by molar-refractivity contribution is -0.0359. The van der Waals surface area contributed by atoms with Gasteiger partial charge < -0.3 is 5.11 Å². The Morgan fingerprint density at radius 3 is 2.39 bits per heavy atom. The van der Waals surface area contributed by atoms with Crippen LogP contribution in [0.4, 0.5) is 0 Å². The van der Waals surface area contributed by atoms with Crippen LogP contribution in [-0.4, -0.2) is 55.2 Å². The normalized spacial score (nSPS) is 40.2. The smallest absolute Gasteiger partial charge is 0.151 e. The van der Waals surface area contributed by atoms with Crippen molar-refractivity contribution in [3.8, 4) is 0 Å². The molecule has 1 aliphatic heterocycles. The monoisotopic (exact) mass is 275 g/mol. The Bertz CT molecular complexity index is 385. The second-order valence-corrected chi connectivity index (χ2v) is 8.61. The number of nitrogens with zero attached hydrogens (tertiary/aromatic N) is 1. The first kappa shape index (κ1) is 14.3. The third-order valence-corrected chi connectivity index (χ3v) is 6.33. The molecule has 0 spiro atoms. The van der Waals surface area contributed by atoms with Gasteiger partial charge in [0.1, 0.15) is 0 Å². The van der Waals surface area contributed by atoms with E-state index in [1.807, 2.05) is 7.05 Å².